The molecule has 268 valence electrons. The zero-order chi connectivity index (χ0) is 36.6. The van der Waals surface area contributed by atoms with Crippen LogP contribution in [-0.2, 0) is 38.0 Å². The summed E-state index contributed by atoms with van der Waals surface area (Å²) >= 11 is 0. The van der Waals surface area contributed by atoms with E-state index in [-0.39, 0.29) is 29.5 Å². The molecule has 2 saturated carbocycles. The third kappa shape index (κ3) is 6.39. The van der Waals surface area contributed by atoms with Crippen molar-refractivity contribution in [3.8, 4) is 0 Å². The molecule has 0 aromatic heterocycles. The fourth-order valence-electron chi connectivity index (χ4n) is 8.57. The van der Waals surface area contributed by atoms with Crippen molar-refractivity contribution < 1.29 is 52.4 Å². The number of benzene rings is 3. The first-order valence-corrected chi connectivity index (χ1v) is 17.1. The van der Waals surface area contributed by atoms with E-state index in [2.05, 4.69) is 0 Å². The molecule has 1 saturated heterocycles. The molecule has 3 aromatic carbocycles. The maximum atomic E-state index is 13.9. The molecule has 0 N–H and O–H groups in total. The van der Waals surface area contributed by atoms with Gasteiger partial charge in [-0.1, -0.05) is 61.5 Å². The van der Waals surface area contributed by atoms with Crippen molar-refractivity contribution in [2.45, 2.75) is 83.1 Å². The minimum absolute atomic E-state index is 0.0675. The van der Waals surface area contributed by atoms with E-state index in [1.165, 1.54) is 13.8 Å². The van der Waals surface area contributed by atoms with Crippen LogP contribution in [0.25, 0.3) is 0 Å². The molecule has 51 heavy (non-hydrogen) atoms. The molecule has 3 aromatic rings. The van der Waals surface area contributed by atoms with Gasteiger partial charge in [-0.3, -0.25) is 9.59 Å². The van der Waals surface area contributed by atoms with Crippen LogP contribution in [0.2, 0.25) is 0 Å². The second-order valence-electron chi connectivity index (χ2n) is 14.1. The second kappa shape index (κ2) is 13.9. The molecule has 0 amide bonds. The number of carbonyl (C=O) groups is 5. The number of hydrogen-bond donors (Lipinski definition) is 0. The molecule has 0 radical (unpaired) electrons. The first kappa shape index (κ1) is 35.8. The summed E-state index contributed by atoms with van der Waals surface area (Å²) in [5.74, 6) is -4.45. The van der Waals surface area contributed by atoms with Gasteiger partial charge in [0, 0.05) is 19.8 Å². The molecule has 11 heteroatoms. The van der Waals surface area contributed by atoms with Gasteiger partial charge in [-0.05, 0) is 69.0 Å². The van der Waals surface area contributed by atoms with E-state index in [1.54, 1.807) is 91.0 Å². The Bertz CT molecular complexity index is 1780. The third-order valence-corrected chi connectivity index (χ3v) is 10.6. The van der Waals surface area contributed by atoms with Crippen molar-refractivity contribution in [3.63, 3.8) is 0 Å². The topological polar surface area (TPSA) is 141 Å². The lowest BCUT2D eigenvalue weighted by atomic mass is 9.47. The lowest BCUT2D eigenvalue weighted by molar-refractivity contribution is -0.316. The Kier molecular flexibility index (Phi) is 9.78. The highest BCUT2D eigenvalue weighted by molar-refractivity contribution is 5.90. The number of rotatable bonds is 9. The average molecular weight is 699 g/mol. The fraction of sp³-hybridized carbons (Fsp3) is 0.425. The molecular weight excluding hydrogens is 656 g/mol. The predicted octanol–water partition coefficient (Wildman–Crippen LogP) is 5.75. The van der Waals surface area contributed by atoms with Gasteiger partial charge in [-0.15, -0.1) is 0 Å². The summed E-state index contributed by atoms with van der Waals surface area (Å²) < 4.78 is 38.1. The molecule has 8 atom stereocenters. The summed E-state index contributed by atoms with van der Waals surface area (Å²) in [6, 6.07) is 25.1. The van der Waals surface area contributed by atoms with Crippen molar-refractivity contribution in [1.82, 2.24) is 0 Å². The minimum atomic E-state index is -1.77. The van der Waals surface area contributed by atoms with Crippen LogP contribution in [-0.4, -0.2) is 72.1 Å². The highest BCUT2D eigenvalue weighted by Crippen LogP contribution is 2.68. The third-order valence-electron chi connectivity index (χ3n) is 10.6. The molecule has 11 nitrogen and oxygen atoms in total. The van der Waals surface area contributed by atoms with Crippen LogP contribution in [0.15, 0.2) is 91.0 Å². The first-order valence-electron chi connectivity index (χ1n) is 17.1. The molecule has 2 aliphatic carbocycles. The molecule has 8 unspecified atom stereocenters. The summed E-state index contributed by atoms with van der Waals surface area (Å²) in [6.45, 7) is 7.57. The summed E-state index contributed by atoms with van der Waals surface area (Å²) in [5, 5.41) is 0. The average Bonchev–Trinajstić information content (AvgIpc) is 3.27. The van der Waals surface area contributed by atoms with E-state index < -0.39 is 89.3 Å². The number of fused-ring (bicyclic) bond motifs is 1. The molecule has 2 bridgehead atoms. The van der Waals surface area contributed by atoms with Crippen LogP contribution < -0.4 is 0 Å². The van der Waals surface area contributed by atoms with E-state index in [0.717, 1.165) is 0 Å². The Hall–Kier alpha value is -5.03. The van der Waals surface area contributed by atoms with Crippen LogP contribution in [0.1, 0.15) is 78.5 Å². The molecule has 6 rings (SSSR count). The monoisotopic (exact) mass is 698 g/mol. The summed E-state index contributed by atoms with van der Waals surface area (Å²) in [6.07, 6.45) is -4.47. The molecule has 1 heterocycles. The molecular formula is C40H42O11. The number of esters is 5. The Labute approximate surface area is 296 Å². The lowest BCUT2D eigenvalue weighted by Gasteiger charge is -2.63. The number of ether oxygens (including phenoxy) is 6. The summed E-state index contributed by atoms with van der Waals surface area (Å²) in [4.78, 5) is 67.2. The zero-order valence-corrected chi connectivity index (χ0v) is 29.2. The van der Waals surface area contributed by atoms with Gasteiger partial charge in [-0.2, -0.15) is 0 Å². The molecule has 1 spiro atoms. The SMILES string of the molecule is CC(=O)OC1C(OC(=O)c2ccccc2)CC(C)C23OC(C)(C)C(CC(OC(=O)c4ccccc4)C12COC(=O)c1ccccc1)C3OC(C)=O. The van der Waals surface area contributed by atoms with Crippen LogP contribution in [0.5, 0.6) is 0 Å². The van der Waals surface area contributed by atoms with Gasteiger partial charge in [-0.25, -0.2) is 14.4 Å². The number of hydrogen-bond acceptors (Lipinski definition) is 11. The standard InChI is InChI=1S/C40H42O11/c1-24-21-31(49-36(44)28-17-11-7-12-18-28)34(48-26(3)42)39(23-46-35(43)27-15-9-6-10-16-27)32(50-37(45)29-19-13-8-14-20-29)22-30-33(47-25(2)41)40(24,39)51-38(30,4)5/h6-20,24,30-34H,21-23H2,1-5H3. The van der Waals surface area contributed by atoms with Crippen LogP contribution in [0, 0.1) is 17.3 Å². The van der Waals surface area contributed by atoms with E-state index in [0.29, 0.717) is 0 Å². The van der Waals surface area contributed by atoms with Crippen molar-refractivity contribution in [2.75, 3.05) is 6.61 Å². The van der Waals surface area contributed by atoms with Crippen LogP contribution >= 0.6 is 0 Å². The quantitative estimate of drug-likeness (QED) is 0.199. The van der Waals surface area contributed by atoms with Crippen molar-refractivity contribution >= 4 is 29.8 Å². The highest BCUT2D eigenvalue weighted by Gasteiger charge is 2.82. The van der Waals surface area contributed by atoms with Crippen molar-refractivity contribution in [2.24, 2.45) is 17.3 Å². The molecule has 1 aliphatic heterocycles. The Morgan fingerprint density at radius 1 is 0.647 bits per heavy atom. The maximum absolute atomic E-state index is 13.9. The fourth-order valence-corrected chi connectivity index (χ4v) is 8.57. The van der Waals surface area contributed by atoms with Gasteiger partial charge in [0.1, 0.15) is 35.9 Å². The minimum Gasteiger partial charge on any atom is -0.461 e. The Morgan fingerprint density at radius 3 is 1.63 bits per heavy atom. The lowest BCUT2D eigenvalue weighted by Crippen LogP contribution is -2.78. The van der Waals surface area contributed by atoms with Gasteiger partial charge >= 0.3 is 29.8 Å². The Balaban J connectivity index is 1.57. The largest absolute Gasteiger partial charge is 0.461 e. The Morgan fingerprint density at radius 2 is 1.12 bits per heavy atom. The molecule has 3 fully saturated rings. The zero-order valence-electron chi connectivity index (χ0n) is 29.2. The van der Waals surface area contributed by atoms with E-state index >= 15 is 0 Å². The molecule has 3 aliphatic rings. The highest BCUT2D eigenvalue weighted by atomic mass is 16.6. The van der Waals surface area contributed by atoms with Gasteiger partial charge in [0.25, 0.3) is 0 Å². The van der Waals surface area contributed by atoms with E-state index in [1.807, 2.05) is 20.8 Å². The van der Waals surface area contributed by atoms with Crippen LogP contribution in [0.4, 0.5) is 0 Å². The smallest absolute Gasteiger partial charge is 0.338 e. The normalized spacial score (nSPS) is 30.2. The van der Waals surface area contributed by atoms with Gasteiger partial charge < -0.3 is 28.4 Å². The van der Waals surface area contributed by atoms with Crippen molar-refractivity contribution in [3.05, 3.63) is 108 Å². The summed E-state index contributed by atoms with van der Waals surface area (Å²) in [5.41, 5.74) is -3.53. The van der Waals surface area contributed by atoms with E-state index in [4.69, 9.17) is 28.4 Å². The van der Waals surface area contributed by atoms with Gasteiger partial charge in [0.15, 0.2) is 6.10 Å². The summed E-state index contributed by atoms with van der Waals surface area (Å²) in [7, 11) is 0. The van der Waals surface area contributed by atoms with Crippen LogP contribution in [0.3, 0.4) is 0 Å². The van der Waals surface area contributed by atoms with Gasteiger partial charge in [0.05, 0.1) is 22.3 Å². The van der Waals surface area contributed by atoms with Crippen molar-refractivity contribution in [1.29, 1.82) is 0 Å². The van der Waals surface area contributed by atoms with E-state index in [9.17, 15) is 24.0 Å². The predicted molar refractivity (Wildman–Crippen MR) is 181 cm³/mol. The van der Waals surface area contributed by atoms with Gasteiger partial charge in [0.2, 0.25) is 0 Å². The first-order chi connectivity index (χ1) is 24.3. The number of carbonyl (C=O) groups excluding carboxylic acids is 5. The maximum Gasteiger partial charge on any atom is 0.338 e. The second-order valence-corrected chi connectivity index (χ2v) is 14.1.